The highest BCUT2D eigenvalue weighted by atomic mass is 35.5. The number of carbonyl (C=O) groups excluding carboxylic acids is 2. The summed E-state index contributed by atoms with van der Waals surface area (Å²) in [6, 6.07) is 26.4. The van der Waals surface area contributed by atoms with Gasteiger partial charge < -0.3 is 14.4 Å². The van der Waals surface area contributed by atoms with Crippen molar-refractivity contribution in [2.75, 3.05) is 25.6 Å². The highest BCUT2D eigenvalue weighted by Crippen LogP contribution is 2.51. The van der Waals surface area contributed by atoms with Crippen LogP contribution in [0.4, 0.5) is 52.7 Å². The molecule has 2 saturated carbocycles. The van der Waals surface area contributed by atoms with Crippen LogP contribution in [-0.4, -0.2) is 47.8 Å². The van der Waals surface area contributed by atoms with Gasteiger partial charge >= 0.3 is 24.7 Å². The molecule has 1 saturated heterocycles. The Kier molecular flexibility index (Phi) is 20.1. The number of Topliss-reactive ketones (excluding diaryl/α,β-unsaturated/α-hetero) is 1. The molecule has 7 rings (SSSR count). The van der Waals surface area contributed by atoms with Gasteiger partial charge in [-0.05, 0) is 150 Å². The lowest BCUT2D eigenvalue weighted by Crippen LogP contribution is -2.56. The Bertz CT molecular complexity index is 2710. The molecule has 0 radical (unpaired) electrons. The fraction of sp³-hybridized carbons (Fsp3) is 0.525. The van der Waals surface area contributed by atoms with E-state index in [-0.39, 0.29) is 54.6 Å². The minimum Gasteiger partial charge on any atom is -0.373 e. The van der Waals surface area contributed by atoms with Gasteiger partial charge in [0, 0.05) is 42.5 Å². The smallest absolute Gasteiger partial charge is 0.373 e. The van der Waals surface area contributed by atoms with Gasteiger partial charge in [0.2, 0.25) is 5.91 Å². The molecular formula is C59H62ClF12N3O4. The first-order valence-corrected chi connectivity index (χ1v) is 26.7. The Morgan fingerprint density at radius 1 is 0.595 bits per heavy atom. The van der Waals surface area contributed by atoms with Gasteiger partial charge in [0.1, 0.15) is 11.3 Å². The summed E-state index contributed by atoms with van der Waals surface area (Å²) < 4.78 is 173. The maximum atomic E-state index is 13.4. The number of hydrogen-bond acceptors (Lipinski definition) is 6. The van der Waals surface area contributed by atoms with E-state index in [4.69, 9.17) is 21.1 Å². The minimum atomic E-state index is -4.95. The molecule has 7 nitrogen and oxygen atoms in total. The maximum absolute atomic E-state index is 13.4. The van der Waals surface area contributed by atoms with E-state index in [0.29, 0.717) is 107 Å². The molecule has 0 bridgehead atoms. The van der Waals surface area contributed by atoms with E-state index >= 15 is 0 Å². The molecular weight excluding hydrogens is 1080 g/mol. The van der Waals surface area contributed by atoms with Crippen LogP contribution in [0.2, 0.25) is 0 Å². The van der Waals surface area contributed by atoms with E-state index in [9.17, 15) is 72.8 Å². The SMILES string of the molecule is C[C@@H](OCC1(c2ccccc2)CCC(C#N)(CC(=O)CCCCCl)CC1)c1cc(C(F)(F)F)cc(C(F)(F)F)c1.C[C@@H](OCC1(c2ccccc2)CCC(C#N)(N2CCCCC2=O)CC1)c1cc(C(F)(F)F)cc(C(F)(F)F)c1. The number of benzene rings is 4. The lowest BCUT2D eigenvalue weighted by Gasteiger charge is -2.49. The molecule has 2 aliphatic carbocycles. The molecule has 1 heterocycles. The van der Waals surface area contributed by atoms with Crippen LogP contribution < -0.4 is 0 Å². The zero-order valence-electron chi connectivity index (χ0n) is 43.7. The average molecular weight is 1140 g/mol. The van der Waals surface area contributed by atoms with Crippen molar-refractivity contribution in [1.29, 1.82) is 10.5 Å². The molecule has 79 heavy (non-hydrogen) atoms. The van der Waals surface area contributed by atoms with E-state index in [1.54, 1.807) is 4.90 Å². The van der Waals surface area contributed by atoms with Crippen molar-refractivity contribution >= 4 is 23.3 Å². The molecule has 428 valence electrons. The summed E-state index contributed by atoms with van der Waals surface area (Å²) in [5.41, 5.74) is -7.20. The zero-order chi connectivity index (χ0) is 58.1. The van der Waals surface area contributed by atoms with Crippen LogP contribution in [0.1, 0.15) is 167 Å². The van der Waals surface area contributed by atoms with Crippen molar-refractivity contribution in [2.24, 2.45) is 5.41 Å². The summed E-state index contributed by atoms with van der Waals surface area (Å²) in [6.45, 7) is 3.45. The van der Waals surface area contributed by atoms with Crippen molar-refractivity contribution in [3.05, 3.63) is 142 Å². The molecule has 4 aromatic rings. The van der Waals surface area contributed by atoms with Gasteiger partial charge in [0.15, 0.2) is 0 Å². The standard InChI is InChI=1S/C30H32ClF6NO2.C29H30F6N2O2/c1-21(22-15-24(29(32,33)34)17-25(16-22)30(35,36)37)40-20-28(23-7-3-2-4-8-23)12-10-27(19-38,11-13-28)18-26(39)9-5-6-14-31;1-20(21-15-23(28(30,31)32)17-24(16-21)29(33,34)35)39-19-26(22-7-3-2-4-8-22)10-12-27(18-36,13-11-26)37-14-6-5-9-25(37)38/h2-4,7-8,15-17,21H,5-6,9-14,18,20H2,1H3;2-4,7-8,15-17,20H,5-6,9-14,19H2,1H3/t21-,27?,28?;20-,26?,27?/m11/s1. The Morgan fingerprint density at radius 3 is 1.35 bits per heavy atom. The monoisotopic (exact) mass is 1140 g/mol. The molecule has 1 aliphatic heterocycles. The predicted octanol–water partition coefficient (Wildman–Crippen LogP) is 16.8. The molecule has 0 spiro atoms. The van der Waals surface area contributed by atoms with Gasteiger partial charge in [-0.15, -0.1) is 11.6 Å². The molecule has 3 aliphatic rings. The number of halogens is 13. The Labute approximate surface area is 457 Å². The number of nitriles is 2. The quantitative estimate of drug-likeness (QED) is 0.0593. The van der Waals surface area contributed by atoms with Crippen molar-refractivity contribution < 1.29 is 71.7 Å². The number of amides is 1. The third kappa shape index (κ3) is 15.6. The molecule has 4 aromatic carbocycles. The summed E-state index contributed by atoms with van der Waals surface area (Å²) >= 11 is 5.69. The van der Waals surface area contributed by atoms with E-state index in [1.165, 1.54) is 13.8 Å². The number of carbonyl (C=O) groups is 2. The number of hydrogen-bond donors (Lipinski definition) is 0. The number of rotatable bonds is 17. The van der Waals surface area contributed by atoms with E-state index < -0.39 is 81.0 Å². The molecule has 3 fully saturated rings. The number of likely N-dealkylation sites (tertiary alicyclic amines) is 1. The fourth-order valence-electron chi connectivity index (χ4n) is 11.1. The van der Waals surface area contributed by atoms with E-state index in [2.05, 4.69) is 12.1 Å². The van der Waals surface area contributed by atoms with Crippen LogP contribution in [0.25, 0.3) is 0 Å². The van der Waals surface area contributed by atoms with Crippen molar-refractivity contribution in [3.8, 4) is 12.1 Å². The summed E-state index contributed by atoms with van der Waals surface area (Å²) in [6.07, 6.45) is -14.5. The number of ketones is 1. The van der Waals surface area contributed by atoms with Crippen LogP contribution in [-0.2, 0) is 54.6 Å². The summed E-state index contributed by atoms with van der Waals surface area (Å²) in [7, 11) is 0. The first-order valence-electron chi connectivity index (χ1n) is 26.2. The lowest BCUT2D eigenvalue weighted by atomic mass is 9.60. The molecule has 1 amide bonds. The number of nitrogens with zero attached hydrogens (tertiary/aromatic N) is 3. The fourth-order valence-corrected chi connectivity index (χ4v) is 11.3. The largest absolute Gasteiger partial charge is 0.416 e. The average Bonchev–Trinajstić information content (AvgIpc) is 3.61. The minimum absolute atomic E-state index is 0.00812. The number of unbranched alkanes of at least 4 members (excludes halogenated alkanes) is 1. The van der Waals surface area contributed by atoms with Gasteiger partial charge in [0.05, 0.1) is 65.2 Å². The van der Waals surface area contributed by atoms with Crippen LogP contribution >= 0.6 is 11.6 Å². The van der Waals surface area contributed by atoms with Gasteiger partial charge in [-0.3, -0.25) is 9.59 Å². The van der Waals surface area contributed by atoms with E-state index in [0.717, 1.165) is 30.4 Å². The number of ether oxygens (including phenoxy) is 2. The van der Waals surface area contributed by atoms with Crippen LogP contribution in [0.3, 0.4) is 0 Å². The molecule has 20 heteroatoms. The van der Waals surface area contributed by atoms with Gasteiger partial charge in [-0.25, -0.2) is 0 Å². The number of piperidine rings is 1. The van der Waals surface area contributed by atoms with E-state index in [1.807, 2.05) is 60.7 Å². The number of alkyl halides is 13. The highest BCUT2D eigenvalue weighted by Gasteiger charge is 2.50. The van der Waals surface area contributed by atoms with Crippen molar-refractivity contribution in [1.82, 2.24) is 4.90 Å². The second-order valence-corrected chi connectivity index (χ2v) is 21.7. The predicted molar refractivity (Wildman–Crippen MR) is 271 cm³/mol. The zero-order valence-corrected chi connectivity index (χ0v) is 44.5. The van der Waals surface area contributed by atoms with Gasteiger partial charge in [-0.2, -0.15) is 63.2 Å². The molecule has 0 aromatic heterocycles. The third-order valence-electron chi connectivity index (χ3n) is 16.0. The Morgan fingerprint density at radius 2 is 1.00 bits per heavy atom. The maximum Gasteiger partial charge on any atom is 0.416 e. The molecule has 2 atom stereocenters. The summed E-state index contributed by atoms with van der Waals surface area (Å²) in [5, 5.41) is 20.2. The summed E-state index contributed by atoms with van der Waals surface area (Å²) in [4.78, 5) is 26.9. The van der Waals surface area contributed by atoms with Gasteiger partial charge in [0.25, 0.3) is 0 Å². The molecule has 0 unspecified atom stereocenters. The third-order valence-corrected chi connectivity index (χ3v) is 16.3. The second kappa shape index (κ2) is 25.4. The van der Waals surface area contributed by atoms with Crippen molar-refractivity contribution in [2.45, 2.75) is 163 Å². The van der Waals surface area contributed by atoms with Crippen molar-refractivity contribution in [3.63, 3.8) is 0 Å². The van der Waals surface area contributed by atoms with Crippen LogP contribution in [0.5, 0.6) is 0 Å². The Balaban J connectivity index is 0.000000255. The lowest BCUT2D eigenvalue weighted by molar-refractivity contribution is -0.145. The first kappa shape index (κ1) is 62.6. The normalized spacial score (nSPS) is 23.9. The first-order chi connectivity index (χ1) is 37.0. The second-order valence-electron chi connectivity index (χ2n) is 21.3. The van der Waals surface area contributed by atoms with Gasteiger partial charge in [-0.1, -0.05) is 60.7 Å². The Hall–Kier alpha value is -5.63. The topological polar surface area (TPSA) is 103 Å². The summed E-state index contributed by atoms with van der Waals surface area (Å²) in [5.74, 6) is 0.436. The van der Waals surface area contributed by atoms with Crippen LogP contribution in [0, 0.1) is 28.1 Å². The van der Waals surface area contributed by atoms with Crippen LogP contribution in [0.15, 0.2) is 97.1 Å². The molecule has 0 N–H and O–H groups in total. The highest BCUT2D eigenvalue weighted by molar-refractivity contribution is 6.17.